The second-order valence-electron chi connectivity index (χ2n) is 4.42. The maximum Gasteiger partial charge on any atom is 0.255 e. The Morgan fingerprint density at radius 2 is 1.95 bits per heavy atom. The van der Waals surface area contributed by atoms with Gasteiger partial charge < -0.3 is 15.2 Å². The summed E-state index contributed by atoms with van der Waals surface area (Å²) in [5.74, 6) is -0.0218. The number of phenolic OH excluding ortho intramolecular Hbond substituents is 1. The molecule has 0 spiro atoms. The summed E-state index contributed by atoms with van der Waals surface area (Å²) in [5, 5.41) is 12.8. The molecule has 0 aromatic heterocycles. The van der Waals surface area contributed by atoms with Gasteiger partial charge in [-0.15, -0.1) is 0 Å². The Morgan fingerprint density at radius 3 is 2.62 bits per heavy atom. The van der Waals surface area contributed by atoms with E-state index in [-0.39, 0.29) is 16.5 Å². The number of amides is 1. The average molecular weight is 326 g/mol. The summed E-state index contributed by atoms with van der Waals surface area (Å²) >= 11 is 11.7. The lowest BCUT2D eigenvalue weighted by Crippen LogP contribution is -2.12. The highest BCUT2D eigenvalue weighted by molar-refractivity contribution is 6.36. The van der Waals surface area contributed by atoms with Crippen LogP contribution >= 0.6 is 23.2 Å². The first-order valence-electron chi connectivity index (χ1n) is 6.06. The van der Waals surface area contributed by atoms with Crippen LogP contribution in [-0.4, -0.2) is 18.1 Å². The highest BCUT2D eigenvalue weighted by atomic mass is 35.5. The van der Waals surface area contributed by atoms with Crippen LogP contribution in [0.4, 0.5) is 5.69 Å². The molecule has 2 aromatic rings. The Kier molecular flexibility index (Phi) is 4.60. The molecule has 0 aliphatic rings. The maximum absolute atomic E-state index is 12.2. The molecular formula is C15H13Cl2NO3. The number of carbonyl (C=O) groups excluding carboxylic acids is 1. The molecule has 0 unspecified atom stereocenters. The van der Waals surface area contributed by atoms with Crippen LogP contribution in [0.25, 0.3) is 0 Å². The van der Waals surface area contributed by atoms with Crippen LogP contribution < -0.4 is 10.1 Å². The molecule has 21 heavy (non-hydrogen) atoms. The number of halogens is 2. The number of benzene rings is 2. The van der Waals surface area contributed by atoms with Gasteiger partial charge in [0.15, 0.2) is 5.75 Å². The summed E-state index contributed by atoms with van der Waals surface area (Å²) in [4.78, 5) is 12.2. The number of rotatable bonds is 3. The fraction of sp³-hybridized carbons (Fsp3) is 0.133. The number of hydrogen-bond acceptors (Lipinski definition) is 3. The molecule has 4 nitrogen and oxygen atoms in total. The first-order valence-corrected chi connectivity index (χ1v) is 6.82. The SMILES string of the molecule is COc1cc(C(=O)Nc2cc(Cl)cc(Cl)c2O)ccc1C. The number of nitrogens with one attached hydrogen (secondary N) is 1. The van der Waals surface area contributed by atoms with Crippen LogP contribution in [0.15, 0.2) is 30.3 Å². The van der Waals surface area contributed by atoms with Gasteiger partial charge in [0.1, 0.15) is 5.75 Å². The van der Waals surface area contributed by atoms with Crippen molar-refractivity contribution in [2.75, 3.05) is 12.4 Å². The van der Waals surface area contributed by atoms with Gasteiger partial charge in [-0.3, -0.25) is 4.79 Å². The predicted octanol–water partition coefficient (Wildman–Crippen LogP) is 4.27. The number of methoxy groups -OCH3 is 1. The van der Waals surface area contributed by atoms with Crippen LogP contribution in [0, 0.1) is 6.92 Å². The van der Waals surface area contributed by atoms with E-state index in [0.29, 0.717) is 16.3 Å². The van der Waals surface area contributed by atoms with Crippen LogP contribution in [0.5, 0.6) is 11.5 Å². The van der Waals surface area contributed by atoms with Crippen molar-refractivity contribution < 1.29 is 14.6 Å². The molecule has 0 bridgehead atoms. The van der Waals surface area contributed by atoms with Crippen LogP contribution in [-0.2, 0) is 0 Å². The lowest BCUT2D eigenvalue weighted by atomic mass is 10.1. The molecule has 2 rings (SSSR count). The topological polar surface area (TPSA) is 58.6 Å². The molecule has 0 aliphatic carbocycles. The molecule has 0 heterocycles. The van der Waals surface area contributed by atoms with E-state index in [2.05, 4.69) is 5.32 Å². The van der Waals surface area contributed by atoms with Gasteiger partial charge in [0, 0.05) is 10.6 Å². The predicted molar refractivity (Wildman–Crippen MR) is 83.8 cm³/mol. The fourth-order valence-electron chi connectivity index (χ4n) is 1.82. The third kappa shape index (κ3) is 3.40. The smallest absolute Gasteiger partial charge is 0.255 e. The minimum absolute atomic E-state index is 0.0688. The maximum atomic E-state index is 12.2. The van der Waals surface area contributed by atoms with Crippen molar-refractivity contribution >= 4 is 34.8 Å². The monoisotopic (exact) mass is 325 g/mol. The number of carbonyl (C=O) groups is 1. The van der Waals surface area contributed by atoms with E-state index in [1.807, 2.05) is 6.92 Å². The van der Waals surface area contributed by atoms with E-state index in [9.17, 15) is 9.90 Å². The van der Waals surface area contributed by atoms with Gasteiger partial charge >= 0.3 is 0 Å². The Labute approximate surface area is 132 Å². The van der Waals surface area contributed by atoms with E-state index >= 15 is 0 Å². The summed E-state index contributed by atoms with van der Waals surface area (Å²) in [6, 6.07) is 7.87. The van der Waals surface area contributed by atoms with Crippen LogP contribution in [0.2, 0.25) is 10.0 Å². The van der Waals surface area contributed by atoms with Gasteiger partial charge in [-0.1, -0.05) is 29.3 Å². The Balaban J connectivity index is 2.30. The number of aryl methyl sites for hydroxylation is 1. The van der Waals surface area contributed by atoms with Crippen molar-refractivity contribution in [2.45, 2.75) is 6.92 Å². The summed E-state index contributed by atoms with van der Waals surface area (Å²) < 4.78 is 5.18. The van der Waals surface area contributed by atoms with Gasteiger partial charge in [0.05, 0.1) is 17.8 Å². The zero-order chi connectivity index (χ0) is 15.6. The van der Waals surface area contributed by atoms with E-state index in [1.54, 1.807) is 18.2 Å². The second-order valence-corrected chi connectivity index (χ2v) is 5.27. The molecule has 1 amide bonds. The summed E-state index contributed by atoms with van der Waals surface area (Å²) in [6.07, 6.45) is 0. The highest BCUT2D eigenvalue weighted by Gasteiger charge is 2.13. The minimum Gasteiger partial charge on any atom is -0.504 e. The largest absolute Gasteiger partial charge is 0.504 e. The molecule has 2 N–H and O–H groups in total. The zero-order valence-electron chi connectivity index (χ0n) is 11.4. The fourth-order valence-corrected chi connectivity index (χ4v) is 2.31. The summed E-state index contributed by atoms with van der Waals surface area (Å²) in [6.45, 7) is 1.88. The molecule has 6 heteroatoms. The Bertz CT molecular complexity index is 702. The Hall–Kier alpha value is -1.91. The van der Waals surface area contributed by atoms with Gasteiger partial charge in [0.25, 0.3) is 5.91 Å². The quantitative estimate of drug-likeness (QED) is 0.828. The van der Waals surface area contributed by atoms with Crippen molar-refractivity contribution in [2.24, 2.45) is 0 Å². The second kappa shape index (κ2) is 6.24. The molecule has 0 atom stereocenters. The first-order chi connectivity index (χ1) is 9.92. The van der Waals surface area contributed by atoms with Gasteiger partial charge in [-0.25, -0.2) is 0 Å². The van der Waals surface area contributed by atoms with Crippen molar-refractivity contribution in [1.29, 1.82) is 0 Å². The van der Waals surface area contributed by atoms with Crippen molar-refractivity contribution in [3.05, 3.63) is 51.5 Å². The standard InChI is InChI=1S/C15H13Cl2NO3/c1-8-3-4-9(5-13(8)21-2)15(20)18-12-7-10(16)6-11(17)14(12)19/h3-7,19H,1-2H3,(H,18,20). The third-order valence-corrected chi connectivity index (χ3v) is 3.45. The van der Waals surface area contributed by atoms with E-state index < -0.39 is 5.91 Å². The summed E-state index contributed by atoms with van der Waals surface area (Å²) in [7, 11) is 1.53. The number of aromatic hydroxyl groups is 1. The lowest BCUT2D eigenvalue weighted by Gasteiger charge is -2.11. The molecule has 0 aliphatic heterocycles. The highest BCUT2D eigenvalue weighted by Crippen LogP contribution is 2.35. The lowest BCUT2D eigenvalue weighted by molar-refractivity contribution is 0.102. The van der Waals surface area contributed by atoms with Crippen molar-refractivity contribution in [3.63, 3.8) is 0 Å². The number of ether oxygens (including phenoxy) is 1. The minimum atomic E-state index is -0.401. The van der Waals surface area contributed by atoms with Gasteiger partial charge in [-0.05, 0) is 36.8 Å². The average Bonchev–Trinajstić information content (AvgIpc) is 2.44. The molecule has 110 valence electrons. The van der Waals surface area contributed by atoms with Crippen LogP contribution in [0.1, 0.15) is 15.9 Å². The van der Waals surface area contributed by atoms with Gasteiger partial charge in [0.2, 0.25) is 0 Å². The zero-order valence-corrected chi connectivity index (χ0v) is 12.9. The molecule has 0 saturated heterocycles. The molecule has 0 saturated carbocycles. The molecular weight excluding hydrogens is 313 g/mol. The molecule has 2 aromatic carbocycles. The first kappa shape index (κ1) is 15.5. The summed E-state index contributed by atoms with van der Waals surface area (Å²) in [5.41, 5.74) is 1.47. The van der Waals surface area contributed by atoms with E-state index in [4.69, 9.17) is 27.9 Å². The van der Waals surface area contributed by atoms with Gasteiger partial charge in [-0.2, -0.15) is 0 Å². The van der Waals surface area contributed by atoms with E-state index in [1.165, 1.54) is 19.2 Å². The third-order valence-electron chi connectivity index (χ3n) is 2.95. The van der Waals surface area contributed by atoms with E-state index in [0.717, 1.165) is 5.56 Å². The molecule has 0 fully saturated rings. The number of anilines is 1. The number of hydrogen-bond donors (Lipinski definition) is 2. The van der Waals surface area contributed by atoms with Crippen molar-refractivity contribution in [1.82, 2.24) is 0 Å². The van der Waals surface area contributed by atoms with Crippen LogP contribution in [0.3, 0.4) is 0 Å². The molecule has 0 radical (unpaired) electrons. The van der Waals surface area contributed by atoms with Crippen molar-refractivity contribution in [3.8, 4) is 11.5 Å². The Morgan fingerprint density at radius 1 is 1.24 bits per heavy atom. The normalized spacial score (nSPS) is 10.3. The number of phenols is 1.